The van der Waals surface area contributed by atoms with E-state index in [-0.39, 0.29) is 48.8 Å². The van der Waals surface area contributed by atoms with Crippen LogP contribution in [0.3, 0.4) is 0 Å². The van der Waals surface area contributed by atoms with Gasteiger partial charge in [-0.2, -0.15) is 5.10 Å². The number of imide groups is 1. The first kappa shape index (κ1) is 29.4. The maximum absolute atomic E-state index is 15.9. The second kappa shape index (κ2) is 11.3. The number of piperidine rings is 1. The number of aryl methyl sites for hydroxylation is 1. The fraction of sp³-hybridized carbons (Fsp3) is 0.500. The van der Waals surface area contributed by atoms with Gasteiger partial charge in [0, 0.05) is 56.6 Å². The first-order chi connectivity index (χ1) is 22.3. The Labute approximate surface area is 265 Å². The summed E-state index contributed by atoms with van der Waals surface area (Å²) < 4.78 is 39.6. The summed E-state index contributed by atoms with van der Waals surface area (Å²) in [5, 5.41) is 7.26. The van der Waals surface area contributed by atoms with Gasteiger partial charge in [0.1, 0.15) is 12.0 Å². The van der Waals surface area contributed by atoms with Crippen molar-refractivity contribution in [3.8, 4) is 0 Å². The van der Waals surface area contributed by atoms with Crippen LogP contribution in [-0.2, 0) is 16.6 Å². The highest BCUT2D eigenvalue weighted by molar-refractivity contribution is 6.08. The number of halogens is 2. The molecule has 0 bridgehead atoms. The molecule has 3 saturated heterocycles. The number of fused-ring (bicyclic) bond motifs is 2. The lowest BCUT2D eigenvalue weighted by Crippen LogP contribution is -2.52. The minimum atomic E-state index is -1.07. The maximum atomic E-state index is 15.9. The van der Waals surface area contributed by atoms with E-state index >= 15 is 8.78 Å². The maximum Gasteiger partial charge on any atom is 0.329 e. The standard InChI is InChI=1S/C34H37F2N7O3/c1-41-30-16-22(24(35)15-23(30)32(40-41)43-11-8-31(44)39-33(43)45)20-6-7-29(25(36)14-20)42-12-9-34(10-13-42)17-21(19-46-34)28-18-37-26-4-2-3-5-27(26)38-28/h2-5,15-16,18,20-21,25,29H,6-14,17,19H2,1H3,(H,39,44,45). The number of carbonyl (C=O) groups excluding carboxylic acids is 2. The van der Waals surface area contributed by atoms with Gasteiger partial charge >= 0.3 is 6.03 Å². The minimum absolute atomic E-state index is 0.150. The van der Waals surface area contributed by atoms with Crippen molar-refractivity contribution in [2.45, 2.75) is 74.6 Å². The van der Waals surface area contributed by atoms with E-state index < -0.39 is 18.0 Å². The normalized spacial score (nSPS) is 27.2. The second-order valence-corrected chi connectivity index (χ2v) is 13.4. The number of anilines is 1. The molecule has 2 aromatic heterocycles. The number of urea groups is 1. The van der Waals surface area contributed by atoms with Crippen LogP contribution in [0.4, 0.5) is 19.4 Å². The summed E-state index contributed by atoms with van der Waals surface area (Å²) in [5.74, 6) is -0.497. The molecule has 12 heteroatoms. The third-order valence-corrected chi connectivity index (χ3v) is 10.7. The molecule has 3 amide bonds. The van der Waals surface area contributed by atoms with Gasteiger partial charge < -0.3 is 4.74 Å². The van der Waals surface area contributed by atoms with Crippen LogP contribution in [0.2, 0.25) is 0 Å². The predicted molar refractivity (Wildman–Crippen MR) is 168 cm³/mol. The van der Waals surface area contributed by atoms with Gasteiger partial charge in [0.2, 0.25) is 5.91 Å². The Balaban J connectivity index is 0.914. The van der Waals surface area contributed by atoms with E-state index in [9.17, 15) is 9.59 Å². The molecule has 0 radical (unpaired) electrons. The molecule has 4 aromatic rings. The number of ether oxygens (including phenoxy) is 1. The van der Waals surface area contributed by atoms with Crippen molar-refractivity contribution in [2.75, 3.05) is 31.1 Å². The summed E-state index contributed by atoms with van der Waals surface area (Å²) in [7, 11) is 1.74. The molecular formula is C34H37F2N7O3. The highest BCUT2D eigenvalue weighted by Crippen LogP contribution is 2.45. The predicted octanol–water partition coefficient (Wildman–Crippen LogP) is 5.11. The number of nitrogens with zero attached hydrogens (tertiary/aromatic N) is 6. The summed E-state index contributed by atoms with van der Waals surface area (Å²) in [6.45, 7) is 2.36. The molecule has 10 nitrogen and oxygen atoms in total. The van der Waals surface area contributed by atoms with Crippen molar-refractivity contribution >= 4 is 39.7 Å². The highest BCUT2D eigenvalue weighted by Gasteiger charge is 2.46. The summed E-state index contributed by atoms with van der Waals surface area (Å²) in [6.07, 6.45) is 5.18. The number of nitrogens with one attached hydrogen (secondary N) is 1. The lowest BCUT2D eigenvalue weighted by Gasteiger charge is -2.45. The first-order valence-corrected chi connectivity index (χ1v) is 16.3. The smallest absolute Gasteiger partial charge is 0.329 e. The van der Waals surface area contributed by atoms with Crippen LogP contribution in [0.25, 0.3) is 21.9 Å². The van der Waals surface area contributed by atoms with Gasteiger partial charge in [-0.25, -0.2) is 18.6 Å². The number of amides is 3. The topological polar surface area (TPSA) is 105 Å². The fourth-order valence-electron chi connectivity index (χ4n) is 8.16. The molecule has 3 aliphatic heterocycles. The zero-order valence-corrected chi connectivity index (χ0v) is 25.8. The van der Waals surface area contributed by atoms with Gasteiger partial charge in [-0.1, -0.05) is 12.1 Å². The summed E-state index contributed by atoms with van der Waals surface area (Å²) >= 11 is 0. The van der Waals surface area contributed by atoms with Gasteiger partial charge in [-0.3, -0.25) is 29.6 Å². The van der Waals surface area contributed by atoms with Gasteiger partial charge in [0.15, 0.2) is 5.82 Å². The van der Waals surface area contributed by atoms with Crippen LogP contribution in [-0.4, -0.2) is 80.6 Å². The van der Waals surface area contributed by atoms with E-state index in [1.54, 1.807) is 17.8 Å². The fourth-order valence-corrected chi connectivity index (χ4v) is 8.16. The lowest BCUT2D eigenvalue weighted by atomic mass is 9.78. The molecule has 240 valence electrons. The van der Waals surface area contributed by atoms with Crippen LogP contribution in [0.5, 0.6) is 0 Å². The molecule has 1 N–H and O–H groups in total. The van der Waals surface area contributed by atoms with Gasteiger partial charge in [0.05, 0.1) is 34.5 Å². The molecule has 4 unspecified atom stereocenters. The molecule has 2 aromatic carbocycles. The number of alkyl halides is 1. The number of rotatable bonds is 4. The molecule has 8 rings (SSSR count). The average molecular weight is 630 g/mol. The average Bonchev–Trinajstić information content (AvgIpc) is 3.61. The number of hydrogen-bond donors (Lipinski definition) is 1. The molecule has 1 saturated carbocycles. The van der Waals surface area contributed by atoms with E-state index in [1.165, 1.54) is 11.0 Å². The van der Waals surface area contributed by atoms with Crippen molar-refractivity contribution in [3.63, 3.8) is 0 Å². The summed E-state index contributed by atoms with van der Waals surface area (Å²) in [5.41, 5.74) is 3.71. The number of para-hydroxylation sites is 2. The van der Waals surface area contributed by atoms with E-state index in [4.69, 9.17) is 9.72 Å². The first-order valence-electron chi connectivity index (χ1n) is 16.3. The van der Waals surface area contributed by atoms with Crippen LogP contribution in [0, 0.1) is 5.82 Å². The second-order valence-electron chi connectivity index (χ2n) is 13.4. The molecule has 5 heterocycles. The number of carbonyl (C=O) groups is 2. The quantitative estimate of drug-likeness (QED) is 0.334. The number of hydrogen-bond acceptors (Lipinski definition) is 7. The third-order valence-electron chi connectivity index (χ3n) is 10.7. The van der Waals surface area contributed by atoms with Crippen LogP contribution >= 0.6 is 0 Å². The molecular weight excluding hydrogens is 592 g/mol. The van der Waals surface area contributed by atoms with Crippen LogP contribution in [0.1, 0.15) is 68.0 Å². The molecule has 4 fully saturated rings. The Hall–Kier alpha value is -4.03. The molecule has 1 aliphatic carbocycles. The number of likely N-dealkylation sites (tertiary alicyclic amines) is 1. The Morgan fingerprint density at radius 3 is 2.63 bits per heavy atom. The van der Waals surface area contributed by atoms with Crippen molar-refractivity contribution in [3.05, 3.63) is 59.7 Å². The van der Waals surface area contributed by atoms with E-state index in [2.05, 4.69) is 20.3 Å². The number of benzene rings is 2. The number of aromatic nitrogens is 4. The van der Waals surface area contributed by atoms with Crippen molar-refractivity contribution in [2.24, 2.45) is 7.05 Å². The Morgan fingerprint density at radius 1 is 1.04 bits per heavy atom. The zero-order valence-electron chi connectivity index (χ0n) is 25.8. The van der Waals surface area contributed by atoms with E-state index in [1.807, 2.05) is 30.5 Å². The molecule has 4 atom stereocenters. The Bertz CT molecular complexity index is 1840. The molecule has 1 spiro atoms. The Kier molecular flexibility index (Phi) is 7.24. The summed E-state index contributed by atoms with van der Waals surface area (Å²) in [4.78, 5) is 37.1. The van der Waals surface area contributed by atoms with Gasteiger partial charge in [-0.15, -0.1) is 0 Å². The van der Waals surface area contributed by atoms with E-state index in [0.717, 1.165) is 49.1 Å². The lowest BCUT2D eigenvalue weighted by molar-refractivity contribution is -0.120. The van der Waals surface area contributed by atoms with Gasteiger partial charge in [-0.05, 0) is 74.3 Å². The van der Waals surface area contributed by atoms with Crippen LogP contribution in [0.15, 0.2) is 42.6 Å². The van der Waals surface area contributed by atoms with Crippen molar-refractivity contribution in [1.29, 1.82) is 0 Å². The molecule has 46 heavy (non-hydrogen) atoms. The largest absolute Gasteiger partial charge is 0.374 e. The third kappa shape index (κ3) is 5.11. The zero-order chi connectivity index (χ0) is 31.6. The van der Waals surface area contributed by atoms with Crippen molar-refractivity contribution in [1.82, 2.24) is 30.0 Å². The minimum Gasteiger partial charge on any atom is -0.374 e. The van der Waals surface area contributed by atoms with Crippen molar-refractivity contribution < 1.29 is 23.1 Å². The van der Waals surface area contributed by atoms with Gasteiger partial charge in [0.25, 0.3) is 0 Å². The van der Waals surface area contributed by atoms with Crippen LogP contribution < -0.4 is 10.2 Å². The van der Waals surface area contributed by atoms with E-state index in [0.29, 0.717) is 41.7 Å². The SMILES string of the molecule is Cn1nc(N2CCC(=O)NC2=O)c2cc(F)c(C3CCC(N4CCC5(CC4)CC(c4cnc6ccccc6n4)CO5)C(F)C3)cc21. The monoisotopic (exact) mass is 629 g/mol. The molecule has 4 aliphatic rings. The summed E-state index contributed by atoms with van der Waals surface area (Å²) in [6, 6.07) is 10.3. The highest BCUT2D eigenvalue weighted by atomic mass is 19.1. The Morgan fingerprint density at radius 2 is 1.85 bits per heavy atom.